The largest absolute Gasteiger partial charge is 0.456 e. The Hall–Kier alpha value is -2.73. The Morgan fingerprint density at radius 1 is 1.34 bits per heavy atom. The minimum Gasteiger partial charge on any atom is -0.456 e. The molecule has 2 N–H and O–H groups in total. The Bertz CT molecular complexity index is 1150. The van der Waals surface area contributed by atoms with E-state index < -0.39 is 0 Å². The van der Waals surface area contributed by atoms with Crippen molar-refractivity contribution in [2.24, 2.45) is 0 Å². The van der Waals surface area contributed by atoms with Gasteiger partial charge in [-0.15, -0.1) is 12.4 Å². The first-order chi connectivity index (χ1) is 16.3. The smallest absolute Gasteiger partial charge is 0.241 e. The van der Waals surface area contributed by atoms with E-state index in [9.17, 15) is 4.79 Å². The number of carbonyl (C=O) groups is 1. The summed E-state index contributed by atoms with van der Waals surface area (Å²) in [5, 5.41) is 7.77. The number of nitrogens with zero attached hydrogens (tertiary/aromatic N) is 1. The topological polar surface area (TPSA) is 57.5 Å². The molecule has 0 saturated carbocycles. The number of piperidine rings is 1. The lowest BCUT2D eigenvalue weighted by Crippen LogP contribution is -2.46. The maximum Gasteiger partial charge on any atom is 0.241 e. The SMILES string of the molecule is C=C/C(=C\C=C/C)c1cc2cc(Cl)cc(CN(C)/C(C)=C\C(=C)NC(=O)C3CCCCN3)c2o1.Cl. The number of furan rings is 1. The van der Waals surface area contributed by atoms with Crippen LogP contribution < -0.4 is 10.6 Å². The van der Waals surface area contributed by atoms with Crippen LogP contribution in [0.2, 0.25) is 5.02 Å². The molecule has 1 amide bonds. The zero-order valence-corrected chi connectivity index (χ0v) is 22.3. The molecule has 5 nitrogen and oxygen atoms in total. The number of hydrogen-bond acceptors (Lipinski definition) is 4. The van der Waals surface area contributed by atoms with Crippen molar-refractivity contribution in [1.82, 2.24) is 15.5 Å². The molecule has 1 atom stereocenters. The first-order valence-corrected chi connectivity index (χ1v) is 12.0. The molecule has 1 aromatic carbocycles. The van der Waals surface area contributed by atoms with Gasteiger partial charge in [0.25, 0.3) is 0 Å². The summed E-state index contributed by atoms with van der Waals surface area (Å²) in [5.74, 6) is 0.717. The van der Waals surface area contributed by atoms with Crippen LogP contribution in [0.25, 0.3) is 16.5 Å². The standard InChI is InChI=1S/C28H34ClN3O2.ClH/c1-6-8-11-21(7-2)26-17-22-15-24(29)16-23(27(22)34-26)18-32(5)20(4)14-19(3)31-28(33)25-12-9-10-13-30-25;/h6-8,11,14-17,25,30H,2-3,9-10,12-13,18H2,1,4-5H3,(H,31,33);1H/b8-6-,20-14-,21-11+;. The summed E-state index contributed by atoms with van der Waals surface area (Å²) in [6.07, 6.45) is 12.6. The van der Waals surface area contributed by atoms with Gasteiger partial charge in [-0.3, -0.25) is 4.79 Å². The molecule has 0 bridgehead atoms. The number of allylic oxidation sites excluding steroid dienone is 7. The lowest BCUT2D eigenvalue weighted by Gasteiger charge is -2.23. The zero-order valence-electron chi connectivity index (χ0n) is 20.7. The number of benzene rings is 1. The predicted molar refractivity (Wildman–Crippen MR) is 150 cm³/mol. The highest BCUT2D eigenvalue weighted by molar-refractivity contribution is 6.31. The van der Waals surface area contributed by atoms with Gasteiger partial charge in [0.1, 0.15) is 11.3 Å². The van der Waals surface area contributed by atoms with Gasteiger partial charge < -0.3 is 20.0 Å². The van der Waals surface area contributed by atoms with Crippen LogP contribution in [-0.4, -0.2) is 30.4 Å². The fraction of sp³-hybridized carbons (Fsp3) is 0.321. The van der Waals surface area contributed by atoms with Crippen molar-refractivity contribution in [2.75, 3.05) is 13.6 Å². The van der Waals surface area contributed by atoms with E-state index in [1.165, 1.54) is 0 Å². The molecule has 188 valence electrons. The molecule has 3 rings (SSSR count). The van der Waals surface area contributed by atoms with Gasteiger partial charge >= 0.3 is 0 Å². The van der Waals surface area contributed by atoms with Gasteiger partial charge in [-0.2, -0.15) is 0 Å². The monoisotopic (exact) mass is 515 g/mol. The minimum absolute atomic E-state index is 0. The number of nitrogens with one attached hydrogen (secondary N) is 2. The highest BCUT2D eigenvalue weighted by Crippen LogP contribution is 2.31. The second-order valence-corrected chi connectivity index (χ2v) is 9.04. The Kier molecular flexibility index (Phi) is 10.9. The van der Waals surface area contributed by atoms with Gasteiger partial charge in [0, 0.05) is 46.5 Å². The number of fused-ring (bicyclic) bond motifs is 1. The predicted octanol–water partition coefficient (Wildman–Crippen LogP) is 6.76. The molecule has 1 aromatic heterocycles. The van der Waals surface area contributed by atoms with E-state index >= 15 is 0 Å². The van der Waals surface area contributed by atoms with Crippen molar-refractivity contribution < 1.29 is 9.21 Å². The third-order valence-corrected chi connectivity index (χ3v) is 6.15. The first kappa shape index (κ1) is 28.5. The van der Waals surface area contributed by atoms with E-state index in [2.05, 4.69) is 28.7 Å². The lowest BCUT2D eigenvalue weighted by atomic mass is 10.0. The van der Waals surface area contributed by atoms with Crippen molar-refractivity contribution in [3.63, 3.8) is 0 Å². The molecule has 1 aliphatic rings. The number of rotatable bonds is 9. The van der Waals surface area contributed by atoms with E-state index in [1.54, 1.807) is 6.08 Å². The van der Waals surface area contributed by atoms with Crippen LogP contribution >= 0.6 is 24.0 Å². The Morgan fingerprint density at radius 2 is 2.11 bits per heavy atom. The maximum atomic E-state index is 12.5. The summed E-state index contributed by atoms with van der Waals surface area (Å²) >= 11 is 6.42. The van der Waals surface area contributed by atoms with Gasteiger partial charge in [0.15, 0.2) is 0 Å². The molecular formula is C28H35Cl2N3O2. The lowest BCUT2D eigenvalue weighted by molar-refractivity contribution is -0.122. The summed E-state index contributed by atoms with van der Waals surface area (Å²) in [6.45, 7) is 13.3. The second kappa shape index (κ2) is 13.4. The van der Waals surface area contributed by atoms with Crippen LogP contribution in [-0.2, 0) is 11.3 Å². The van der Waals surface area contributed by atoms with Crippen LogP contribution in [0.1, 0.15) is 44.4 Å². The van der Waals surface area contributed by atoms with Crippen LogP contribution in [0.4, 0.5) is 0 Å². The van der Waals surface area contributed by atoms with Crippen molar-refractivity contribution in [3.8, 4) is 0 Å². The molecule has 1 saturated heterocycles. The number of halogens is 2. The molecule has 0 radical (unpaired) electrons. The van der Waals surface area contributed by atoms with E-state index in [0.29, 0.717) is 17.3 Å². The van der Waals surface area contributed by atoms with E-state index in [-0.39, 0.29) is 24.4 Å². The molecule has 0 aliphatic carbocycles. The fourth-order valence-electron chi connectivity index (χ4n) is 4.00. The molecule has 35 heavy (non-hydrogen) atoms. The third-order valence-electron chi connectivity index (χ3n) is 5.93. The van der Waals surface area contributed by atoms with Gasteiger partial charge in [0.2, 0.25) is 5.91 Å². The molecule has 0 spiro atoms. The molecule has 1 aliphatic heterocycles. The highest BCUT2D eigenvalue weighted by atomic mass is 35.5. The second-order valence-electron chi connectivity index (χ2n) is 8.60. The average Bonchev–Trinajstić information content (AvgIpc) is 3.23. The number of carbonyl (C=O) groups excluding carboxylic acids is 1. The van der Waals surface area contributed by atoms with Crippen LogP contribution in [0.3, 0.4) is 0 Å². The van der Waals surface area contributed by atoms with Gasteiger partial charge in [-0.1, -0.05) is 55.5 Å². The number of amides is 1. The molecular weight excluding hydrogens is 481 g/mol. The summed E-state index contributed by atoms with van der Waals surface area (Å²) in [6, 6.07) is 5.67. The van der Waals surface area contributed by atoms with Crippen molar-refractivity contribution >= 4 is 46.5 Å². The molecule has 2 heterocycles. The van der Waals surface area contributed by atoms with Crippen molar-refractivity contribution in [2.45, 2.75) is 45.7 Å². The summed E-state index contributed by atoms with van der Waals surface area (Å²) in [7, 11) is 1.99. The summed E-state index contributed by atoms with van der Waals surface area (Å²) < 4.78 is 6.23. The first-order valence-electron chi connectivity index (χ1n) is 11.6. The Morgan fingerprint density at radius 3 is 2.77 bits per heavy atom. The highest BCUT2D eigenvalue weighted by Gasteiger charge is 2.20. The third kappa shape index (κ3) is 7.63. The Labute approximate surface area is 219 Å². The van der Waals surface area contributed by atoms with Crippen LogP contribution in [0.5, 0.6) is 0 Å². The Balaban J connectivity index is 0.00000432. The normalized spacial score (nSPS) is 16.7. The van der Waals surface area contributed by atoms with Crippen LogP contribution in [0.15, 0.2) is 77.5 Å². The summed E-state index contributed by atoms with van der Waals surface area (Å²) in [5.41, 5.74) is 4.20. The summed E-state index contributed by atoms with van der Waals surface area (Å²) in [4.78, 5) is 14.5. The van der Waals surface area contributed by atoms with Gasteiger partial charge in [0.05, 0.1) is 6.04 Å². The number of hydrogen-bond donors (Lipinski definition) is 2. The quantitative estimate of drug-likeness (QED) is 0.362. The molecule has 1 fully saturated rings. The van der Waals surface area contributed by atoms with Crippen molar-refractivity contribution in [1.29, 1.82) is 0 Å². The van der Waals surface area contributed by atoms with Gasteiger partial charge in [-0.05, 0) is 57.5 Å². The molecule has 7 heteroatoms. The zero-order chi connectivity index (χ0) is 24.7. The minimum atomic E-state index is -0.146. The van der Waals surface area contributed by atoms with E-state index in [0.717, 1.165) is 59.4 Å². The molecule has 2 aromatic rings. The van der Waals surface area contributed by atoms with Gasteiger partial charge in [-0.25, -0.2) is 0 Å². The fourth-order valence-corrected chi connectivity index (χ4v) is 4.24. The van der Waals surface area contributed by atoms with Crippen LogP contribution in [0, 0.1) is 0 Å². The van der Waals surface area contributed by atoms with Crippen molar-refractivity contribution in [3.05, 3.63) is 89.5 Å². The van der Waals surface area contributed by atoms with E-state index in [1.807, 2.05) is 63.4 Å². The maximum absolute atomic E-state index is 12.5. The average molecular weight is 517 g/mol. The van der Waals surface area contributed by atoms with E-state index in [4.69, 9.17) is 16.0 Å². The molecule has 1 unspecified atom stereocenters.